The van der Waals surface area contributed by atoms with Gasteiger partial charge in [-0.15, -0.1) is 6.42 Å². The van der Waals surface area contributed by atoms with Crippen LogP contribution in [0.2, 0.25) is 5.02 Å². The summed E-state index contributed by atoms with van der Waals surface area (Å²) in [7, 11) is 0. The fraction of sp³-hybridized carbons (Fsp3) is 0.333. The van der Waals surface area contributed by atoms with Gasteiger partial charge in [0.05, 0.1) is 13.1 Å². The second-order valence-electron chi connectivity index (χ2n) is 6.31. The summed E-state index contributed by atoms with van der Waals surface area (Å²) in [5, 5.41) is 1.78. The maximum atomic E-state index is 13.7. The van der Waals surface area contributed by atoms with E-state index in [9.17, 15) is 8.78 Å². The minimum absolute atomic E-state index is 0.0697. The molecule has 0 unspecified atom stereocenters. The first kappa shape index (κ1) is 19.9. The van der Waals surface area contributed by atoms with Crippen LogP contribution in [0.5, 0.6) is 6.01 Å². The molecule has 0 amide bonds. The van der Waals surface area contributed by atoms with Gasteiger partial charge in [-0.3, -0.25) is 5.01 Å². The van der Waals surface area contributed by atoms with Crippen molar-refractivity contribution in [3.8, 4) is 18.4 Å². The monoisotopic (exact) mass is 408 g/mol. The third kappa shape index (κ3) is 4.35. The van der Waals surface area contributed by atoms with Crippen molar-refractivity contribution in [2.75, 3.05) is 35.3 Å². The predicted molar refractivity (Wildman–Crippen MR) is 104 cm³/mol. The number of nitrogens with two attached hydrogens (primary N) is 2. The summed E-state index contributed by atoms with van der Waals surface area (Å²) in [6.07, 6.45) is 4.91. The Morgan fingerprint density at radius 2 is 2.11 bits per heavy atom. The molecule has 4 N–H and O–H groups in total. The lowest BCUT2D eigenvalue weighted by atomic mass is 10.2. The summed E-state index contributed by atoms with van der Waals surface area (Å²) in [5.74, 6) is 5.89. The number of terminal acetylenes is 1. The number of anilines is 3. The quantitative estimate of drug-likeness (QED) is 0.430. The van der Waals surface area contributed by atoms with Crippen LogP contribution in [-0.4, -0.2) is 35.6 Å². The van der Waals surface area contributed by atoms with Crippen molar-refractivity contribution in [3.05, 3.63) is 34.9 Å². The van der Waals surface area contributed by atoms with Crippen molar-refractivity contribution in [2.24, 2.45) is 5.84 Å². The van der Waals surface area contributed by atoms with Crippen molar-refractivity contribution < 1.29 is 13.5 Å². The van der Waals surface area contributed by atoms with E-state index in [1.807, 2.05) is 6.07 Å². The van der Waals surface area contributed by atoms with Crippen LogP contribution in [0.1, 0.15) is 12.0 Å². The van der Waals surface area contributed by atoms with Gasteiger partial charge in [0.25, 0.3) is 5.92 Å². The van der Waals surface area contributed by atoms with Crippen molar-refractivity contribution in [1.82, 2.24) is 9.97 Å². The van der Waals surface area contributed by atoms with E-state index in [0.29, 0.717) is 5.02 Å². The van der Waals surface area contributed by atoms with Crippen LogP contribution in [-0.2, 0) is 6.54 Å². The Labute approximate surface area is 166 Å². The molecule has 10 heteroatoms. The number of benzene rings is 1. The number of hydrogen-bond acceptors (Lipinski definition) is 7. The minimum atomic E-state index is -2.82. The van der Waals surface area contributed by atoms with Crippen LogP contribution in [0.3, 0.4) is 0 Å². The normalized spacial score (nSPS) is 15.3. The molecular formula is C18H19ClF2N6O. The smallest absolute Gasteiger partial charge is 0.321 e. The number of alkyl halides is 2. The third-order valence-corrected chi connectivity index (χ3v) is 4.58. The molecule has 0 saturated carbocycles. The first-order valence-electron chi connectivity index (χ1n) is 8.43. The summed E-state index contributed by atoms with van der Waals surface area (Å²) < 4.78 is 32.6. The number of nitrogens with zero attached hydrogens (tertiary/aromatic N) is 4. The molecule has 2 heterocycles. The second-order valence-corrected chi connectivity index (χ2v) is 6.71. The highest BCUT2D eigenvalue weighted by Crippen LogP contribution is 2.37. The number of hydrazine groups is 1. The molecule has 0 atom stereocenters. The fourth-order valence-corrected chi connectivity index (χ4v) is 3.05. The summed E-state index contributed by atoms with van der Waals surface area (Å²) >= 11 is 6.18. The zero-order chi connectivity index (χ0) is 20.3. The van der Waals surface area contributed by atoms with Gasteiger partial charge in [-0.05, 0) is 11.6 Å². The van der Waals surface area contributed by atoms with Crippen molar-refractivity contribution >= 4 is 28.9 Å². The average Bonchev–Trinajstić information content (AvgIpc) is 3.02. The first-order valence-corrected chi connectivity index (χ1v) is 8.81. The minimum Gasteiger partial charge on any atom is -0.450 e. The van der Waals surface area contributed by atoms with Gasteiger partial charge in [-0.1, -0.05) is 35.7 Å². The molecule has 1 aromatic carbocycles. The largest absolute Gasteiger partial charge is 0.450 e. The van der Waals surface area contributed by atoms with Crippen LogP contribution in [0.25, 0.3) is 0 Å². The molecule has 7 nitrogen and oxygen atoms in total. The van der Waals surface area contributed by atoms with Gasteiger partial charge in [0.1, 0.15) is 5.69 Å². The van der Waals surface area contributed by atoms with Gasteiger partial charge in [0, 0.05) is 18.0 Å². The number of rotatable bonds is 6. The summed E-state index contributed by atoms with van der Waals surface area (Å²) in [5.41, 5.74) is 6.99. The molecule has 1 aliphatic heterocycles. The lowest BCUT2D eigenvalue weighted by Crippen LogP contribution is -2.33. The summed E-state index contributed by atoms with van der Waals surface area (Å²) in [4.78, 5) is 9.73. The Morgan fingerprint density at radius 1 is 1.36 bits per heavy atom. The average molecular weight is 409 g/mol. The molecular weight excluding hydrogens is 390 g/mol. The maximum absolute atomic E-state index is 13.7. The van der Waals surface area contributed by atoms with E-state index in [-0.39, 0.29) is 49.5 Å². The summed E-state index contributed by atoms with van der Waals surface area (Å²) in [6, 6.07) is 7.05. The van der Waals surface area contributed by atoms with E-state index in [2.05, 4.69) is 15.9 Å². The van der Waals surface area contributed by atoms with Gasteiger partial charge in [0.2, 0.25) is 0 Å². The van der Waals surface area contributed by atoms with Crippen LogP contribution < -0.4 is 26.2 Å². The zero-order valence-corrected chi connectivity index (χ0v) is 15.7. The van der Waals surface area contributed by atoms with E-state index >= 15 is 0 Å². The molecule has 0 bridgehead atoms. The van der Waals surface area contributed by atoms with Gasteiger partial charge in [0.15, 0.2) is 18.2 Å². The van der Waals surface area contributed by atoms with Crippen molar-refractivity contribution in [1.29, 1.82) is 0 Å². The highest BCUT2D eigenvalue weighted by atomic mass is 35.5. The Kier molecular flexibility index (Phi) is 5.72. The second kappa shape index (κ2) is 8.04. The molecule has 148 valence electrons. The highest BCUT2D eigenvalue weighted by Gasteiger charge is 2.40. The van der Waals surface area contributed by atoms with Gasteiger partial charge in [-0.25, -0.2) is 14.6 Å². The molecule has 3 rings (SSSR count). The number of halogens is 3. The Balaban J connectivity index is 1.96. The Morgan fingerprint density at radius 3 is 2.75 bits per heavy atom. The molecule has 1 aromatic heterocycles. The molecule has 1 aliphatic rings. The van der Waals surface area contributed by atoms with E-state index in [4.69, 9.17) is 34.3 Å². The molecule has 28 heavy (non-hydrogen) atoms. The number of ether oxygens (including phenoxy) is 1. The number of hydrogen-bond donors (Lipinski definition) is 2. The zero-order valence-electron chi connectivity index (χ0n) is 14.9. The van der Waals surface area contributed by atoms with Gasteiger partial charge >= 0.3 is 6.01 Å². The SMILES string of the molecule is C#CCOc1nc(N(N)Cc2ccccc2Cl)c(N)c(N2CCC(F)(F)C2)n1. The van der Waals surface area contributed by atoms with Crippen LogP contribution >= 0.6 is 11.6 Å². The van der Waals surface area contributed by atoms with Crippen molar-refractivity contribution in [3.63, 3.8) is 0 Å². The van der Waals surface area contributed by atoms with E-state index < -0.39 is 12.5 Å². The van der Waals surface area contributed by atoms with Crippen molar-refractivity contribution in [2.45, 2.75) is 18.9 Å². The topological polar surface area (TPSA) is 93.5 Å². The van der Waals surface area contributed by atoms with Gasteiger partial charge < -0.3 is 15.4 Å². The molecule has 0 radical (unpaired) electrons. The summed E-state index contributed by atoms with van der Waals surface area (Å²) in [6.45, 7) is -0.312. The molecule has 2 aromatic rings. The Bertz CT molecular complexity index is 904. The van der Waals surface area contributed by atoms with Crippen LogP contribution in [0.15, 0.2) is 24.3 Å². The van der Waals surface area contributed by atoms with E-state index in [1.54, 1.807) is 18.2 Å². The lowest BCUT2D eigenvalue weighted by molar-refractivity contribution is 0.0256. The molecule has 0 spiro atoms. The third-order valence-electron chi connectivity index (χ3n) is 4.21. The lowest BCUT2D eigenvalue weighted by Gasteiger charge is -2.25. The van der Waals surface area contributed by atoms with Crippen LogP contribution in [0, 0.1) is 12.3 Å². The molecule has 0 aliphatic carbocycles. The van der Waals surface area contributed by atoms with E-state index in [1.165, 1.54) is 9.91 Å². The maximum Gasteiger partial charge on any atom is 0.321 e. The van der Waals surface area contributed by atoms with E-state index in [0.717, 1.165) is 5.56 Å². The number of nitrogen functional groups attached to an aromatic ring is 1. The van der Waals surface area contributed by atoms with Gasteiger partial charge in [-0.2, -0.15) is 9.97 Å². The molecule has 1 saturated heterocycles. The number of aromatic nitrogens is 2. The standard InChI is InChI=1S/C18H19ClF2N6O/c1-2-9-28-17-24-15(26-8-7-18(20,21)11-26)14(22)16(25-17)27(23)10-12-5-3-4-6-13(12)19/h1,3-6H,7-11,22-23H2. The Hall–Kier alpha value is -2.83. The highest BCUT2D eigenvalue weighted by molar-refractivity contribution is 6.31. The fourth-order valence-electron chi connectivity index (χ4n) is 2.86. The molecule has 1 fully saturated rings. The predicted octanol–water partition coefficient (Wildman–Crippen LogP) is 2.45. The first-order chi connectivity index (χ1) is 13.3. The van der Waals surface area contributed by atoms with Crippen LogP contribution in [0.4, 0.5) is 26.1 Å².